The lowest BCUT2D eigenvalue weighted by molar-refractivity contribution is -0.149. The summed E-state index contributed by atoms with van der Waals surface area (Å²) in [4.78, 5) is 35.4. The average Bonchev–Trinajstić information content (AvgIpc) is 2.46. The Labute approximate surface area is 123 Å². The SMILES string of the molecule is CCOC(=O)C1CCCN(C(=O)NCCOCC(=O)O)C1. The van der Waals surface area contributed by atoms with Crippen molar-refractivity contribution in [3.63, 3.8) is 0 Å². The molecule has 2 N–H and O–H groups in total. The number of likely N-dealkylation sites (tertiary alicyclic amines) is 1. The van der Waals surface area contributed by atoms with Crippen LogP contribution in [0, 0.1) is 5.92 Å². The zero-order valence-electron chi connectivity index (χ0n) is 12.2. The van der Waals surface area contributed by atoms with Crippen LogP contribution in [-0.2, 0) is 19.1 Å². The van der Waals surface area contributed by atoms with Crippen molar-refractivity contribution in [2.75, 3.05) is 39.5 Å². The van der Waals surface area contributed by atoms with E-state index in [0.717, 1.165) is 12.8 Å². The van der Waals surface area contributed by atoms with Gasteiger partial charge in [0.15, 0.2) is 0 Å². The summed E-state index contributed by atoms with van der Waals surface area (Å²) in [5.41, 5.74) is 0. The third kappa shape index (κ3) is 6.44. The molecule has 1 heterocycles. The highest BCUT2D eigenvalue weighted by Crippen LogP contribution is 2.17. The quantitative estimate of drug-likeness (QED) is 0.509. The fraction of sp³-hybridized carbons (Fsp3) is 0.769. The number of piperidine rings is 1. The van der Waals surface area contributed by atoms with Crippen LogP contribution in [0.25, 0.3) is 0 Å². The zero-order chi connectivity index (χ0) is 15.7. The molecule has 1 fully saturated rings. The maximum absolute atomic E-state index is 11.9. The molecule has 0 saturated carbocycles. The van der Waals surface area contributed by atoms with Gasteiger partial charge < -0.3 is 24.8 Å². The number of rotatable bonds is 7. The first-order valence-corrected chi connectivity index (χ1v) is 7.03. The molecule has 0 spiro atoms. The number of carbonyl (C=O) groups is 3. The first-order valence-electron chi connectivity index (χ1n) is 7.03. The number of hydrogen-bond acceptors (Lipinski definition) is 5. The molecule has 0 radical (unpaired) electrons. The first kappa shape index (κ1) is 17.2. The van der Waals surface area contributed by atoms with Crippen LogP contribution in [0.1, 0.15) is 19.8 Å². The molecule has 2 amide bonds. The summed E-state index contributed by atoms with van der Waals surface area (Å²) in [5.74, 6) is -1.58. The Hall–Kier alpha value is -1.83. The molecule has 8 nitrogen and oxygen atoms in total. The van der Waals surface area contributed by atoms with E-state index >= 15 is 0 Å². The third-order valence-electron chi connectivity index (χ3n) is 3.08. The van der Waals surface area contributed by atoms with Gasteiger partial charge in [0.05, 0.1) is 19.1 Å². The smallest absolute Gasteiger partial charge is 0.329 e. The summed E-state index contributed by atoms with van der Waals surface area (Å²) >= 11 is 0. The van der Waals surface area contributed by atoms with Gasteiger partial charge in [0.2, 0.25) is 0 Å². The van der Waals surface area contributed by atoms with Crippen molar-refractivity contribution < 1.29 is 29.0 Å². The summed E-state index contributed by atoms with van der Waals surface area (Å²) in [6, 6.07) is -0.275. The van der Waals surface area contributed by atoms with Crippen molar-refractivity contribution in [2.24, 2.45) is 5.92 Å². The molecule has 1 unspecified atom stereocenters. The fourth-order valence-corrected chi connectivity index (χ4v) is 2.12. The number of amides is 2. The second-order valence-corrected chi connectivity index (χ2v) is 4.72. The predicted molar refractivity (Wildman–Crippen MR) is 72.8 cm³/mol. The van der Waals surface area contributed by atoms with Crippen LogP contribution in [-0.4, -0.2) is 67.4 Å². The lowest BCUT2D eigenvalue weighted by atomic mass is 9.98. The lowest BCUT2D eigenvalue weighted by Gasteiger charge is -2.31. The number of hydrogen-bond donors (Lipinski definition) is 2. The largest absolute Gasteiger partial charge is 0.480 e. The molecule has 1 aliphatic rings. The minimum atomic E-state index is -1.05. The molecule has 0 aromatic carbocycles. The minimum absolute atomic E-state index is 0.132. The van der Waals surface area contributed by atoms with Crippen LogP contribution >= 0.6 is 0 Å². The van der Waals surface area contributed by atoms with E-state index in [4.69, 9.17) is 14.6 Å². The monoisotopic (exact) mass is 302 g/mol. The number of urea groups is 1. The van der Waals surface area contributed by atoms with Crippen molar-refractivity contribution in [3.8, 4) is 0 Å². The molecule has 0 aliphatic carbocycles. The Kier molecular flexibility index (Phi) is 7.52. The van der Waals surface area contributed by atoms with Crippen LogP contribution < -0.4 is 5.32 Å². The highest BCUT2D eigenvalue weighted by Gasteiger charge is 2.29. The van der Waals surface area contributed by atoms with Gasteiger partial charge in [-0.1, -0.05) is 0 Å². The van der Waals surface area contributed by atoms with Crippen molar-refractivity contribution >= 4 is 18.0 Å². The molecular weight excluding hydrogens is 280 g/mol. The molecule has 8 heteroatoms. The Morgan fingerprint density at radius 2 is 2.14 bits per heavy atom. The summed E-state index contributed by atoms with van der Waals surface area (Å²) in [6.45, 7) is 3.01. The van der Waals surface area contributed by atoms with E-state index in [1.807, 2.05) is 0 Å². The zero-order valence-corrected chi connectivity index (χ0v) is 12.2. The maximum atomic E-state index is 11.9. The van der Waals surface area contributed by atoms with Gasteiger partial charge in [-0.2, -0.15) is 0 Å². The van der Waals surface area contributed by atoms with Crippen molar-refractivity contribution in [1.82, 2.24) is 10.2 Å². The highest BCUT2D eigenvalue weighted by molar-refractivity contribution is 5.77. The average molecular weight is 302 g/mol. The Balaban J connectivity index is 2.27. The number of aliphatic carboxylic acids is 1. The molecule has 1 rings (SSSR count). The molecule has 120 valence electrons. The molecule has 1 aliphatic heterocycles. The van der Waals surface area contributed by atoms with Crippen LogP contribution in [0.4, 0.5) is 4.79 Å². The molecule has 1 atom stereocenters. The summed E-state index contributed by atoms with van der Waals surface area (Å²) < 4.78 is 9.79. The Morgan fingerprint density at radius 1 is 1.38 bits per heavy atom. The summed E-state index contributed by atoms with van der Waals surface area (Å²) in [5, 5.41) is 11.0. The van der Waals surface area contributed by atoms with Crippen LogP contribution in [0.3, 0.4) is 0 Å². The molecule has 1 saturated heterocycles. The van der Waals surface area contributed by atoms with Gasteiger partial charge in [-0.15, -0.1) is 0 Å². The van der Waals surface area contributed by atoms with Crippen LogP contribution in [0.15, 0.2) is 0 Å². The van der Waals surface area contributed by atoms with Gasteiger partial charge in [0, 0.05) is 19.6 Å². The number of carbonyl (C=O) groups excluding carboxylic acids is 2. The van der Waals surface area contributed by atoms with Crippen molar-refractivity contribution in [1.29, 1.82) is 0 Å². The number of carboxylic acid groups (broad SMARTS) is 1. The Bertz CT molecular complexity index is 374. The lowest BCUT2D eigenvalue weighted by Crippen LogP contribution is -2.48. The number of esters is 1. The van der Waals surface area contributed by atoms with Gasteiger partial charge in [0.25, 0.3) is 0 Å². The number of carboxylic acids is 1. The van der Waals surface area contributed by atoms with Crippen LogP contribution in [0.2, 0.25) is 0 Å². The standard InChI is InChI=1S/C13H22N2O6/c1-2-21-12(18)10-4-3-6-15(8-10)13(19)14-5-7-20-9-11(16)17/h10H,2-9H2,1H3,(H,14,19)(H,16,17). The van der Waals surface area contributed by atoms with Gasteiger partial charge in [-0.05, 0) is 19.8 Å². The summed E-state index contributed by atoms with van der Waals surface area (Å²) in [7, 11) is 0. The topological polar surface area (TPSA) is 105 Å². The predicted octanol–water partition coefficient (Wildman–Crippen LogP) is 0.0723. The highest BCUT2D eigenvalue weighted by atomic mass is 16.5. The Morgan fingerprint density at radius 3 is 2.81 bits per heavy atom. The second-order valence-electron chi connectivity index (χ2n) is 4.72. The first-order chi connectivity index (χ1) is 10.0. The maximum Gasteiger partial charge on any atom is 0.329 e. The van der Waals surface area contributed by atoms with E-state index in [9.17, 15) is 14.4 Å². The fourth-order valence-electron chi connectivity index (χ4n) is 2.12. The van der Waals surface area contributed by atoms with E-state index in [1.54, 1.807) is 11.8 Å². The minimum Gasteiger partial charge on any atom is -0.480 e. The summed E-state index contributed by atoms with van der Waals surface area (Å²) in [6.07, 6.45) is 1.48. The molecule has 0 bridgehead atoms. The van der Waals surface area contributed by atoms with Gasteiger partial charge in [-0.25, -0.2) is 9.59 Å². The number of nitrogens with zero attached hydrogens (tertiary/aromatic N) is 1. The van der Waals surface area contributed by atoms with E-state index in [2.05, 4.69) is 5.32 Å². The van der Waals surface area contributed by atoms with E-state index < -0.39 is 5.97 Å². The van der Waals surface area contributed by atoms with Crippen molar-refractivity contribution in [3.05, 3.63) is 0 Å². The van der Waals surface area contributed by atoms with Crippen LogP contribution in [0.5, 0.6) is 0 Å². The number of ether oxygens (including phenoxy) is 2. The van der Waals surface area contributed by atoms with Gasteiger partial charge >= 0.3 is 18.0 Å². The van der Waals surface area contributed by atoms with E-state index in [0.29, 0.717) is 19.7 Å². The second kappa shape index (κ2) is 9.17. The number of nitrogens with one attached hydrogen (secondary N) is 1. The molecule has 0 aromatic rings. The molecule has 0 aromatic heterocycles. The van der Waals surface area contributed by atoms with E-state index in [1.165, 1.54) is 0 Å². The third-order valence-corrected chi connectivity index (χ3v) is 3.08. The van der Waals surface area contributed by atoms with Gasteiger partial charge in [0.1, 0.15) is 6.61 Å². The van der Waals surface area contributed by atoms with Crippen molar-refractivity contribution in [2.45, 2.75) is 19.8 Å². The normalized spacial score (nSPS) is 18.1. The van der Waals surface area contributed by atoms with E-state index in [-0.39, 0.29) is 37.7 Å². The van der Waals surface area contributed by atoms with Gasteiger partial charge in [-0.3, -0.25) is 4.79 Å². The molecular formula is C13H22N2O6. The molecule has 21 heavy (non-hydrogen) atoms.